The summed E-state index contributed by atoms with van der Waals surface area (Å²) < 4.78 is 6.38. The smallest absolute Gasteiger partial charge is 0.232 e. The molecule has 27 heavy (non-hydrogen) atoms. The average molecular weight is 431 g/mol. The van der Waals surface area contributed by atoms with Crippen molar-refractivity contribution in [3.05, 3.63) is 52.0 Å². The minimum Gasteiger partial charge on any atom is -0.495 e. The Balaban J connectivity index is 1.83. The molecule has 0 unspecified atom stereocenters. The van der Waals surface area contributed by atoms with E-state index in [0.717, 1.165) is 27.0 Å². The molecule has 0 saturated carbocycles. The quantitative estimate of drug-likeness (QED) is 0.733. The number of hydrogen-bond donors (Lipinski definition) is 0. The predicted octanol–water partition coefficient (Wildman–Crippen LogP) is 4.09. The Morgan fingerprint density at radius 2 is 1.96 bits per heavy atom. The minimum atomic E-state index is -0.379. The lowest BCUT2D eigenvalue weighted by molar-refractivity contribution is -0.124. The van der Waals surface area contributed by atoms with Crippen molar-refractivity contribution in [1.82, 2.24) is 0 Å². The first-order valence-electron chi connectivity index (χ1n) is 8.80. The van der Waals surface area contributed by atoms with Gasteiger partial charge in [-0.05, 0) is 55.3 Å². The van der Waals surface area contributed by atoms with Gasteiger partial charge in [0.15, 0.2) is 0 Å². The summed E-state index contributed by atoms with van der Waals surface area (Å²) in [5.41, 5.74) is 3.61. The highest BCUT2D eigenvalue weighted by atomic mass is 79.9. The molecule has 1 aliphatic rings. The van der Waals surface area contributed by atoms with E-state index in [2.05, 4.69) is 15.9 Å². The highest BCUT2D eigenvalue weighted by Crippen LogP contribution is 2.35. The summed E-state index contributed by atoms with van der Waals surface area (Å²) in [6.45, 7) is 4.29. The Kier molecular flexibility index (Phi) is 5.56. The van der Waals surface area contributed by atoms with Crippen LogP contribution in [-0.2, 0) is 9.59 Å². The molecule has 2 aromatic carbocycles. The van der Waals surface area contributed by atoms with E-state index in [1.165, 1.54) is 0 Å². The second-order valence-electron chi connectivity index (χ2n) is 6.91. The third-order valence-corrected chi connectivity index (χ3v) is 5.44. The summed E-state index contributed by atoms with van der Waals surface area (Å²) in [4.78, 5) is 29.0. The number of anilines is 2. The molecule has 1 aliphatic heterocycles. The van der Waals surface area contributed by atoms with Gasteiger partial charge in [-0.15, -0.1) is 0 Å². The van der Waals surface area contributed by atoms with Crippen LogP contribution in [0.1, 0.15) is 17.5 Å². The number of amides is 2. The van der Waals surface area contributed by atoms with Crippen LogP contribution >= 0.6 is 15.9 Å². The van der Waals surface area contributed by atoms with E-state index in [9.17, 15) is 9.59 Å². The molecule has 5 nitrogen and oxygen atoms in total. The molecule has 2 aromatic rings. The summed E-state index contributed by atoms with van der Waals surface area (Å²) >= 11 is 3.44. The second-order valence-corrected chi connectivity index (χ2v) is 7.82. The Hall–Kier alpha value is -2.34. The molecule has 142 valence electrons. The van der Waals surface area contributed by atoms with Gasteiger partial charge in [-0.25, -0.2) is 0 Å². The number of hydrogen-bond acceptors (Lipinski definition) is 3. The van der Waals surface area contributed by atoms with E-state index < -0.39 is 0 Å². The third kappa shape index (κ3) is 3.86. The van der Waals surface area contributed by atoms with Gasteiger partial charge in [0.1, 0.15) is 5.75 Å². The molecular weight excluding hydrogens is 408 g/mol. The Morgan fingerprint density at radius 1 is 1.22 bits per heavy atom. The van der Waals surface area contributed by atoms with Crippen LogP contribution in [0.15, 0.2) is 40.9 Å². The lowest BCUT2D eigenvalue weighted by Gasteiger charge is -2.24. The van der Waals surface area contributed by atoms with Crippen LogP contribution in [0.3, 0.4) is 0 Å². The van der Waals surface area contributed by atoms with Gasteiger partial charge in [0.05, 0.1) is 18.7 Å². The number of carbonyl (C=O) groups excluding carboxylic acids is 2. The van der Waals surface area contributed by atoms with Crippen molar-refractivity contribution in [2.45, 2.75) is 20.3 Å². The van der Waals surface area contributed by atoms with Crippen molar-refractivity contribution in [2.75, 3.05) is 30.5 Å². The first-order valence-corrected chi connectivity index (χ1v) is 9.60. The number of ether oxygens (including phenoxy) is 1. The van der Waals surface area contributed by atoms with Gasteiger partial charge in [-0.1, -0.05) is 22.0 Å². The first-order chi connectivity index (χ1) is 12.8. The number of rotatable bonds is 4. The molecule has 6 heteroatoms. The number of aryl methyl sites for hydroxylation is 2. The van der Waals surface area contributed by atoms with Crippen molar-refractivity contribution < 1.29 is 14.3 Å². The molecule has 3 rings (SSSR count). The second kappa shape index (κ2) is 7.72. The van der Waals surface area contributed by atoms with Crippen molar-refractivity contribution in [2.24, 2.45) is 5.92 Å². The van der Waals surface area contributed by atoms with Gasteiger partial charge < -0.3 is 14.5 Å². The highest BCUT2D eigenvalue weighted by Gasteiger charge is 2.38. The van der Waals surface area contributed by atoms with E-state index in [-0.39, 0.29) is 24.2 Å². The molecule has 1 saturated heterocycles. The molecule has 0 N–H and O–H groups in total. The van der Waals surface area contributed by atoms with Crippen LogP contribution in [0.4, 0.5) is 11.4 Å². The van der Waals surface area contributed by atoms with Gasteiger partial charge in [-0.2, -0.15) is 0 Å². The summed E-state index contributed by atoms with van der Waals surface area (Å²) in [6.07, 6.45) is 0.204. The number of benzene rings is 2. The molecule has 0 radical (unpaired) electrons. The fourth-order valence-electron chi connectivity index (χ4n) is 3.50. The summed E-state index contributed by atoms with van der Waals surface area (Å²) in [5, 5.41) is 0. The molecule has 1 heterocycles. The maximum Gasteiger partial charge on any atom is 0.232 e. The minimum absolute atomic E-state index is 0.0529. The standard InChI is InChI=1S/C21H23BrN2O3/c1-13-5-8-19(27-4)18(9-13)24-12-15(11-20(24)25)21(26)23(3)17-7-6-16(22)10-14(17)2/h5-10,15H,11-12H2,1-4H3/t15-/m1/s1. The highest BCUT2D eigenvalue weighted by molar-refractivity contribution is 9.10. The number of halogens is 1. The van der Waals surface area contributed by atoms with Crippen LogP contribution in [0.5, 0.6) is 5.75 Å². The monoisotopic (exact) mass is 430 g/mol. The van der Waals surface area contributed by atoms with Gasteiger partial charge in [-0.3, -0.25) is 9.59 Å². The summed E-state index contributed by atoms with van der Waals surface area (Å²) in [5.74, 6) is 0.149. The van der Waals surface area contributed by atoms with E-state index in [1.807, 2.05) is 50.2 Å². The number of nitrogens with zero attached hydrogens (tertiary/aromatic N) is 2. The van der Waals surface area contributed by atoms with Crippen LogP contribution in [0, 0.1) is 19.8 Å². The molecular formula is C21H23BrN2O3. The van der Waals surface area contributed by atoms with Gasteiger partial charge in [0.25, 0.3) is 0 Å². The van der Waals surface area contributed by atoms with Gasteiger partial charge in [0.2, 0.25) is 11.8 Å². The third-order valence-electron chi connectivity index (χ3n) is 4.95. The average Bonchev–Trinajstić information content (AvgIpc) is 3.02. The lowest BCUT2D eigenvalue weighted by Crippen LogP contribution is -2.35. The molecule has 0 aromatic heterocycles. The number of methoxy groups -OCH3 is 1. The Bertz CT molecular complexity index is 897. The van der Waals surface area contributed by atoms with Crippen molar-refractivity contribution in [1.29, 1.82) is 0 Å². The maximum atomic E-state index is 13.0. The van der Waals surface area contributed by atoms with Gasteiger partial charge >= 0.3 is 0 Å². The van der Waals surface area contributed by atoms with E-state index >= 15 is 0 Å². The molecule has 2 amide bonds. The molecule has 0 bridgehead atoms. The van der Waals surface area contributed by atoms with Crippen molar-refractivity contribution >= 4 is 39.1 Å². The topological polar surface area (TPSA) is 49.9 Å². The van der Waals surface area contributed by atoms with Crippen LogP contribution < -0.4 is 14.5 Å². The zero-order chi connectivity index (χ0) is 19.7. The van der Waals surface area contributed by atoms with Crippen LogP contribution in [0.25, 0.3) is 0 Å². The number of carbonyl (C=O) groups is 2. The van der Waals surface area contributed by atoms with Crippen LogP contribution in [0.2, 0.25) is 0 Å². The summed E-state index contributed by atoms with van der Waals surface area (Å²) in [6, 6.07) is 11.5. The molecule has 1 atom stereocenters. The first kappa shape index (κ1) is 19.4. The van der Waals surface area contributed by atoms with Crippen molar-refractivity contribution in [3.63, 3.8) is 0 Å². The fraction of sp³-hybridized carbons (Fsp3) is 0.333. The predicted molar refractivity (Wildman–Crippen MR) is 110 cm³/mol. The van der Waals surface area contributed by atoms with Crippen LogP contribution in [-0.4, -0.2) is 32.5 Å². The molecule has 1 fully saturated rings. The van der Waals surface area contributed by atoms with Gasteiger partial charge in [0, 0.05) is 30.2 Å². The van der Waals surface area contributed by atoms with E-state index in [0.29, 0.717) is 12.3 Å². The zero-order valence-corrected chi connectivity index (χ0v) is 17.5. The molecule has 0 aliphatic carbocycles. The van der Waals surface area contributed by atoms with E-state index in [4.69, 9.17) is 4.74 Å². The Labute approximate surface area is 168 Å². The fourth-order valence-corrected chi connectivity index (χ4v) is 3.98. The Morgan fingerprint density at radius 3 is 2.63 bits per heavy atom. The van der Waals surface area contributed by atoms with E-state index in [1.54, 1.807) is 24.0 Å². The van der Waals surface area contributed by atoms with Crippen molar-refractivity contribution in [3.8, 4) is 5.75 Å². The maximum absolute atomic E-state index is 13.0. The largest absolute Gasteiger partial charge is 0.495 e. The SMILES string of the molecule is COc1ccc(C)cc1N1C[C@H](C(=O)N(C)c2ccc(Br)cc2C)CC1=O. The summed E-state index contributed by atoms with van der Waals surface area (Å²) in [7, 11) is 3.35. The normalized spacial score (nSPS) is 16.6. The lowest BCUT2D eigenvalue weighted by atomic mass is 10.1. The molecule has 0 spiro atoms. The zero-order valence-electron chi connectivity index (χ0n) is 16.0.